The van der Waals surface area contributed by atoms with E-state index in [4.69, 9.17) is 15.2 Å². The first-order valence-corrected chi connectivity index (χ1v) is 19.9. The molecule has 2 heterocycles. The molecule has 0 unspecified atom stereocenters. The number of amides is 1. The topological polar surface area (TPSA) is 142 Å². The summed E-state index contributed by atoms with van der Waals surface area (Å²) in [5.74, 6) is -0.202. The second-order valence-corrected chi connectivity index (χ2v) is 19.5. The number of hydrogen-bond donors (Lipinski definition) is 3. The number of alkyl halides is 1. The van der Waals surface area contributed by atoms with Crippen LogP contribution >= 0.6 is 0 Å². The molecule has 292 valence electrons. The number of carboxylic acid groups (broad SMARTS) is 1. The molecule has 4 fully saturated rings. The minimum absolute atomic E-state index is 0.105. The van der Waals surface area contributed by atoms with Crippen LogP contribution in [0.2, 0.25) is 0 Å². The second kappa shape index (κ2) is 13.4. The van der Waals surface area contributed by atoms with Gasteiger partial charge in [-0.1, -0.05) is 74.0 Å². The van der Waals surface area contributed by atoms with Crippen molar-refractivity contribution in [2.45, 2.75) is 125 Å². The number of halogens is 1. The molecule has 4 aliphatic carbocycles. The summed E-state index contributed by atoms with van der Waals surface area (Å²) in [5, 5.41) is 18.4. The van der Waals surface area contributed by atoms with Crippen LogP contribution in [0, 0.1) is 62.6 Å². The Kier molecular flexibility index (Phi) is 10.2. The molecule has 11 heteroatoms. The Morgan fingerprint density at radius 3 is 2.48 bits per heavy atom. The number of nitrogens with two attached hydrogens (primary N) is 1. The first-order chi connectivity index (χ1) is 24.2. The normalized spacial score (nSPS) is 41.7. The van der Waals surface area contributed by atoms with Gasteiger partial charge in [-0.25, -0.2) is 14.1 Å². The molecule has 0 spiro atoms. The van der Waals surface area contributed by atoms with E-state index in [1.807, 2.05) is 6.92 Å². The van der Waals surface area contributed by atoms with E-state index < -0.39 is 40.8 Å². The SMILES string of the molecule is CC(C)[C@@H](C)[C@@]1(C)CC[C@]2(C)[C@H]3CC[C@@H]4[C@@]5(COC[C@@]4(C)[C@@H](OC[C@](C)(N)C(C)C)[C@H](n4ncnc4C(=O)NCCF)C5)C3=CC[C@@]2(C)[C@@H]1C(=O)O. The maximum absolute atomic E-state index is 13.5. The van der Waals surface area contributed by atoms with E-state index in [1.165, 1.54) is 11.9 Å². The largest absolute Gasteiger partial charge is 0.481 e. The number of carbonyl (C=O) groups is 2. The van der Waals surface area contributed by atoms with E-state index >= 15 is 0 Å². The lowest BCUT2D eigenvalue weighted by Gasteiger charge is -2.71. The highest BCUT2D eigenvalue weighted by atomic mass is 19.1. The summed E-state index contributed by atoms with van der Waals surface area (Å²) in [6, 6.07) is -0.365. The van der Waals surface area contributed by atoms with Gasteiger partial charge in [0.1, 0.15) is 13.0 Å². The lowest BCUT2D eigenvalue weighted by atomic mass is 9.34. The Bertz CT molecular complexity index is 1560. The first kappa shape index (κ1) is 39.3. The van der Waals surface area contributed by atoms with Crippen molar-refractivity contribution in [2.24, 2.45) is 68.3 Å². The minimum atomic E-state index is -0.676. The van der Waals surface area contributed by atoms with E-state index in [1.54, 1.807) is 4.68 Å². The summed E-state index contributed by atoms with van der Waals surface area (Å²) in [7, 11) is 0. The molecule has 3 saturated carbocycles. The highest BCUT2D eigenvalue weighted by molar-refractivity contribution is 5.90. The number of nitrogens with zero attached hydrogens (tertiary/aromatic N) is 3. The third kappa shape index (κ3) is 5.63. The number of carboxylic acids is 1. The molecular formula is C41H66FN5O5. The molecule has 2 bridgehead atoms. The van der Waals surface area contributed by atoms with Gasteiger partial charge in [-0.2, -0.15) is 5.10 Å². The molecule has 6 rings (SSSR count). The second-order valence-electron chi connectivity index (χ2n) is 19.5. The summed E-state index contributed by atoms with van der Waals surface area (Å²) in [6.45, 7) is 22.7. The highest BCUT2D eigenvalue weighted by Gasteiger charge is 2.72. The molecule has 1 aromatic rings. The van der Waals surface area contributed by atoms with Gasteiger partial charge in [0.25, 0.3) is 5.91 Å². The number of carbonyl (C=O) groups excluding carboxylic acids is 1. The minimum Gasteiger partial charge on any atom is -0.481 e. The number of allylic oxidation sites excluding steroid dienone is 1. The predicted octanol–water partition coefficient (Wildman–Crippen LogP) is 6.87. The van der Waals surface area contributed by atoms with Gasteiger partial charge in [0.2, 0.25) is 5.82 Å². The smallest absolute Gasteiger partial charge is 0.307 e. The number of hydrogen-bond acceptors (Lipinski definition) is 7. The Balaban J connectivity index is 1.47. The molecule has 10 nitrogen and oxygen atoms in total. The molecule has 5 aliphatic rings. The van der Waals surface area contributed by atoms with Crippen LogP contribution in [0.15, 0.2) is 18.0 Å². The lowest BCUT2D eigenvalue weighted by Crippen LogP contribution is -2.69. The lowest BCUT2D eigenvalue weighted by molar-refractivity contribution is -0.252. The number of rotatable bonds is 11. The van der Waals surface area contributed by atoms with Crippen molar-refractivity contribution in [3.63, 3.8) is 0 Å². The van der Waals surface area contributed by atoms with Gasteiger partial charge in [0.05, 0.1) is 37.9 Å². The van der Waals surface area contributed by atoms with E-state index in [-0.39, 0.29) is 64.4 Å². The predicted molar refractivity (Wildman–Crippen MR) is 198 cm³/mol. The molecule has 1 saturated heterocycles. The molecule has 1 amide bonds. The van der Waals surface area contributed by atoms with Crippen LogP contribution in [0.5, 0.6) is 0 Å². The van der Waals surface area contributed by atoms with Gasteiger partial charge in [-0.3, -0.25) is 9.59 Å². The van der Waals surface area contributed by atoms with Crippen molar-refractivity contribution >= 4 is 11.9 Å². The van der Waals surface area contributed by atoms with E-state index in [2.05, 4.69) is 83.8 Å². The van der Waals surface area contributed by atoms with Crippen LogP contribution < -0.4 is 11.1 Å². The zero-order valence-electron chi connectivity index (χ0n) is 33.4. The average molecular weight is 728 g/mol. The number of ether oxygens (including phenoxy) is 2. The number of fused-ring (bicyclic) bond motifs is 3. The van der Waals surface area contributed by atoms with Crippen molar-refractivity contribution in [1.82, 2.24) is 20.1 Å². The van der Waals surface area contributed by atoms with Crippen LogP contribution in [0.4, 0.5) is 4.39 Å². The molecular weight excluding hydrogens is 661 g/mol. The maximum atomic E-state index is 13.5. The van der Waals surface area contributed by atoms with Crippen molar-refractivity contribution in [3.05, 3.63) is 23.8 Å². The monoisotopic (exact) mass is 728 g/mol. The fourth-order valence-corrected chi connectivity index (χ4v) is 12.5. The number of aromatic nitrogens is 3. The summed E-state index contributed by atoms with van der Waals surface area (Å²) in [4.78, 5) is 31.3. The Morgan fingerprint density at radius 1 is 1.13 bits per heavy atom. The van der Waals surface area contributed by atoms with E-state index in [0.717, 1.165) is 25.7 Å². The maximum Gasteiger partial charge on any atom is 0.307 e. The molecule has 52 heavy (non-hydrogen) atoms. The van der Waals surface area contributed by atoms with Gasteiger partial charge < -0.3 is 25.6 Å². The van der Waals surface area contributed by atoms with Crippen molar-refractivity contribution < 1.29 is 28.6 Å². The van der Waals surface area contributed by atoms with Crippen LogP contribution in [-0.4, -0.2) is 76.4 Å². The molecule has 1 aliphatic heterocycles. The van der Waals surface area contributed by atoms with Gasteiger partial charge in [-0.05, 0) is 91.3 Å². The zero-order chi connectivity index (χ0) is 38.2. The van der Waals surface area contributed by atoms with E-state index in [0.29, 0.717) is 38.6 Å². The summed E-state index contributed by atoms with van der Waals surface area (Å²) < 4.78 is 28.6. The van der Waals surface area contributed by atoms with E-state index in [9.17, 15) is 19.1 Å². The highest BCUT2D eigenvalue weighted by Crippen LogP contribution is 2.75. The third-order valence-corrected chi connectivity index (χ3v) is 16.5. The summed E-state index contributed by atoms with van der Waals surface area (Å²) in [6.07, 6.45) is 8.60. The molecule has 0 aromatic carbocycles. The Morgan fingerprint density at radius 2 is 1.85 bits per heavy atom. The molecule has 4 N–H and O–H groups in total. The van der Waals surface area contributed by atoms with Crippen molar-refractivity contribution in [1.29, 1.82) is 0 Å². The van der Waals surface area contributed by atoms with Crippen LogP contribution in [0.3, 0.4) is 0 Å². The number of nitrogens with one attached hydrogen (secondary N) is 1. The van der Waals surface area contributed by atoms with Gasteiger partial charge in [0.15, 0.2) is 0 Å². The van der Waals surface area contributed by atoms with Crippen molar-refractivity contribution in [2.75, 3.05) is 33.0 Å². The quantitative estimate of drug-likeness (QED) is 0.210. The van der Waals surface area contributed by atoms with Gasteiger partial charge in [0, 0.05) is 22.9 Å². The number of aliphatic carboxylic acids is 1. The Labute approximate surface area is 310 Å². The van der Waals surface area contributed by atoms with Crippen LogP contribution in [-0.2, 0) is 14.3 Å². The fourth-order valence-electron chi connectivity index (χ4n) is 12.5. The molecule has 1 aromatic heterocycles. The van der Waals surface area contributed by atoms with Crippen molar-refractivity contribution in [3.8, 4) is 0 Å². The third-order valence-electron chi connectivity index (χ3n) is 16.5. The first-order valence-electron chi connectivity index (χ1n) is 19.9. The zero-order valence-corrected chi connectivity index (χ0v) is 33.4. The van der Waals surface area contributed by atoms with Gasteiger partial charge >= 0.3 is 5.97 Å². The standard InChI is InChI=1S/C41H66FN5O5/c1-24(2)26(5)36(6)15-16-38(8)27-11-12-30-37(7)20-51-22-41(30,28(27)13-14-39(38,9)31(36)35(49)50)19-29(32(37)52-21-40(10,43)25(3)4)47-33(45-23-46-47)34(48)44-18-17-42/h13,23-27,29-32H,11-12,14-22,43H2,1-10H3,(H,44,48)(H,49,50)/t26-,27+,29-,30+,31-,32+,36-,37-,38-,39+,40+,41+/m1/s1. The molecule has 0 radical (unpaired) electrons. The van der Waals surface area contributed by atoms with Gasteiger partial charge in [-0.15, -0.1) is 0 Å². The molecule has 12 atom stereocenters. The van der Waals surface area contributed by atoms with Crippen LogP contribution in [0.25, 0.3) is 0 Å². The Hall–Kier alpha value is -2.37. The summed E-state index contributed by atoms with van der Waals surface area (Å²) >= 11 is 0. The summed E-state index contributed by atoms with van der Waals surface area (Å²) in [5.41, 5.74) is 5.84. The fraction of sp³-hybridized carbons (Fsp3) is 0.854. The average Bonchev–Trinajstić information content (AvgIpc) is 3.56. The van der Waals surface area contributed by atoms with Crippen LogP contribution in [0.1, 0.15) is 124 Å².